The van der Waals surface area contributed by atoms with Gasteiger partial charge in [0.05, 0.1) is 41.3 Å². The maximum absolute atomic E-state index is 14.7. The Kier molecular flexibility index (Phi) is 7.15. The van der Waals surface area contributed by atoms with Gasteiger partial charge in [-0.25, -0.2) is 0 Å². The van der Waals surface area contributed by atoms with E-state index in [2.05, 4.69) is 22.5 Å². The standard InChI is InChI=1S/C28H28BrClN2O6/c1-3-12-31(22-15(2)8-7-11-18(22)30)26(35)24-28-13-17(29)23(38-28)20(27(36)37)21(28)25(34)32(24)19(14-33)16-9-5-4-6-10-16/h3-11,17,19-21,23-24,33H,1,12-14H2,2H3,(H,36,37)/t17?,19-,20+,21-,23+,24+,28-/m1/s1. The molecule has 2 aromatic rings. The first-order valence-electron chi connectivity index (χ1n) is 12.4. The maximum atomic E-state index is 14.7. The third-order valence-electron chi connectivity index (χ3n) is 7.98. The van der Waals surface area contributed by atoms with E-state index in [0.29, 0.717) is 16.3 Å². The molecule has 3 heterocycles. The summed E-state index contributed by atoms with van der Waals surface area (Å²) in [5, 5.41) is 21.0. The normalized spacial score (nSPS) is 30.3. The van der Waals surface area contributed by atoms with Crippen molar-refractivity contribution in [2.24, 2.45) is 11.8 Å². The van der Waals surface area contributed by atoms with Gasteiger partial charge in [0.25, 0.3) is 5.91 Å². The predicted octanol–water partition coefficient (Wildman–Crippen LogP) is 3.73. The summed E-state index contributed by atoms with van der Waals surface area (Å²) >= 11 is 10.1. The molecule has 8 nitrogen and oxygen atoms in total. The summed E-state index contributed by atoms with van der Waals surface area (Å²) in [5.41, 5.74) is 0.452. The van der Waals surface area contributed by atoms with Crippen LogP contribution in [0.4, 0.5) is 5.69 Å². The minimum Gasteiger partial charge on any atom is -0.481 e. The highest BCUT2D eigenvalue weighted by atomic mass is 79.9. The van der Waals surface area contributed by atoms with E-state index in [1.54, 1.807) is 42.5 Å². The number of aliphatic hydroxyl groups is 1. The van der Waals surface area contributed by atoms with Crippen molar-refractivity contribution in [3.05, 3.63) is 77.3 Å². The van der Waals surface area contributed by atoms with Crippen molar-refractivity contribution in [2.45, 2.75) is 42.0 Å². The quantitative estimate of drug-likeness (QED) is 0.352. The highest BCUT2D eigenvalue weighted by molar-refractivity contribution is 9.09. The smallest absolute Gasteiger partial charge is 0.310 e. The fourth-order valence-corrected chi connectivity index (χ4v) is 7.79. The molecule has 0 aliphatic carbocycles. The van der Waals surface area contributed by atoms with Crippen molar-refractivity contribution in [1.29, 1.82) is 0 Å². The number of hydrogen-bond donors (Lipinski definition) is 2. The predicted molar refractivity (Wildman–Crippen MR) is 145 cm³/mol. The van der Waals surface area contributed by atoms with E-state index in [-0.39, 0.29) is 17.8 Å². The Hall–Kier alpha value is -2.72. The minimum atomic E-state index is -1.40. The molecule has 5 rings (SSSR count). The molecular formula is C28H28BrClN2O6. The number of fused-ring (bicyclic) bond motifs is 1. The Bertz CT molecular complexity index is 1270. The Labute approximate surface area is 233 Å². The van der Waals surface area contributed by atoms with Gasteiger partial charge in [-0.05, 0) is 30.5 Å². The Morgan fingerprint density at radius 2 is 2.00 bits per heavy atom. The second kappa shape index (κ2) is 10.1. The maximum Gasteiger partial charge on any atom is 0.310 e. The van der Waals surface area contributed by atoms with Gasteiger partial charge in [-0.15, -0.1) is 6.58 Å². The molecule has 200 valence electrons. The number of carbonyl (C=O) groups is 3. The number of alkyl halides is 1. The van der Waals surface area contributed by atoms with Crippen molar-refractivity contribution in [3.63, 3.8) is 0 Å². The summed E-state index contributed by atoms with van der Waals surface area (Å²) in [6.45, 7) is 5.28. The molecule has 2 amide bonds. The number of aliphatic carboxylic acids is 1. The number of carboxylic acid groups (broad SMARTS) is 1. The summed E-state index contributed by atoms with van der Waals surface area (Å²) in [6, 6.07) is 12.1. The number of ether oxygens (including phenoxy) is 1. The van der Waals surface area contributed by atoms with Crippen LogP contribution >= 0.6 is 27.5 Å². The fraction of sp³-hybridized carbons (Fsp3) is 0.393. The lowest BCUT2D eigenvalue weighted by Gasteiger charge is -2.40. The van der Waals surface area contributed by atoms with Crippen LogP contribution in [0.1, 0.15) is 23.6 Å². The fourth-order valence-electron chi connectivity index (χ4n) is 6.53. The first-order valence-corrected chi connectivity index (χ1v) is 13.7. The first kappa shape index (κ1) is 26.9. The van der Waals surface area contributed by atoms with Gasteiger partial charge in [-0.1, -0.05) is 76.1 Å². The number of likely N-dealkylation sites (tertiary alicyclic amines) is 1. The summed E-state index contributed by atoms with van der Waals surface area (Å²) in [4.78, 5) is 43.7. The number of carboxylic acids is 1. The zero-order valence-electron chi connectivity index (χ0n) is 20.7. The number of amides is 2. The molecule has 1 spiro atoms. The molecule has 0 radical (unpaired) electrons. The molecule has 3 aliphatic rings. The van der Waals surface area contributed by atoms with Crippen LogP contribution in [0.2, 0.25) is 5.02 Å². The van der Waals surface area contributed by atoms with Crippen molar-refractivity contribution < 1.29 is 29.3 Å². The minimum absolute atomic E-state index is 0.0986. The van der Waals surface area contributed by atoms with E-state index >= 15 is 0 Å². The van der Waals surface area contributed by atoms with Crippen LogP contribution < -0.4 is 4.90 Å². The van der Waals surface area contributed by atoms with Gasteiger partial charge >= 0.3 is 5.97 Å². The lowest BCUT2D eigenvalue weighted by molar-refractivity contribution is -0.151. The summed E-state index contributed by atoms with van der Waals surface area (Å²) in [7, 11) is 0. The lowest BCUT2D eigenvalue weighted by atomic mass is 9.70. The third-order valence-corrected chi connectivity index (χ3v) is 9.13. The SMILES string of the molecule is C=CCN(C(=O)[C@@H]1N([C@H](CO)c2ccccc2)C(=O)[C@H]2[C@H](C(=O)O)[C@H]3O[C@@]12CC3Br)c1c(C)cccc1Cl. The number of halogens is 2. The van der Waals surface area contributed by atoms with Gasteiger partial charge in [0.1, 0.15) is 11.6 Å². The molecule has 0 aromatic heterocycles. The van der Waals surface area contributed by atoms with E-state index in [4.69, 9.17) is 16.3 Å². The topological polar surface area (TPSA) is 107 Å². The molecule has 0 saturated carbocycles. The molecule has 2 N–H and O–H groups in total. The van der Waals surface area contributed by atoms with Crippen LogP contribution in [0.3, 0.4) is 0 Å². The van der Waals surface area contributed by atoms with Crippen LogP contribution in [0.15, 0.2) is 61.2 Å². The Balaban J connectivity index is 1.70. The Morgan fingerprint density at radius 3 is 2.61 bits per heavy atom. The van der Waals surface area contributed by atoms with E-state index in [0.717, 1.165) is 5.56 Å². The van der Waals surface area contributed by atoms with E-state index < -0.39 is 60.0 Å². The molecule has 2 aromatic carbocycles. The van der Waals surface area contributed by atoms with Gasteiger partial charge < -0.3 is 24.7 Å². The van der Waals surface area contributed by atoms with Gasteiger partial charge in [0, 0.05) is 11.4 Å². The Morgan fingerprint density at radius 1 is 1.29 bits per heavy atom. The van der Waals surface area contributed by atoms with Crippen molar-refractivity contribution in [2.75, 3.05) is 18.1 Å². The van der Waals surface area contributed by atoms with Gasteiger partial charge in [-0.2, -0.15) is 0 Å². The largest absolute Gasteiger partial charge is 0.481 e. The monoisotopic (exact) mass is 602 g/mol. The van der Waals surface area contributed by atoms with Crippen LogP contribution in [0, 0.1) is 18.8 Å². The molecule has 3 aliphatic heterocycles. The number of anilines is 1. The number of para-hydroxylation sites is 1. The average molecular weight is 604 g/mol. The number of aliphatic hydroxyl groups excluding tert-OH is 1. The second-order valence-corrected chi connectivity index (χ2v) is 11.6. The van der Waals surface area contributed by atoms with Gasteiger partial charge in [0.2, 0.25) is 5.91 Å². The number of hydrogen-bond acceptors (Lipinski definition) is 5. The van der Waals surface area contributed by atoms with Crippen LogP contribution in [-0.4, -0.2) is 68.6 Å². The number of aryl methyl sites for hydroxylation is 1. The highest BCUT2D eigenvalue weighted by Crippen LogP contribution is 2.61. The number of nitrogens with zero attached hydrogens (tertiary/aromatic N) is 2. The molecule has 10 heteroatoms. The average Bonchev–Trinajstić information content (AvgIpc) is 3.48. The molecule has 7 atom stereocenters. The number of rotatable bonds is 8. The highest BCUT2D eigenvalue weighted by Gasteiger charge is 2.77. The van der Waals surface area contributed by atoms with E-state index in [9.17, 15) is 24.6 Å². The molecule has 2 bridgehead atoms. The summed E-state index contributed by atoms with van der Waals surface area (Å²) < 4.78 is 6.38. The van der Waals surface area contributed by atoms with Crippen LogP contribution in [0.25, 0.3) is 0 Å². The number of carbonyl (C=O) groups excluding carboxylic acids is 2. The molecular weight excluding hydrogens is 576 g/mol. The zero-order chi connectivity index (χ0) is 27.4. The summed E-state index contributed by atoms with van der Waals surface area (Å²) in [6.07, 6.45) is 1.07. The molecule has 3 saturated heterocycles. The van der Waals surface area contributed by atoms with Gasteiger partial charge in [0.15, 0.2) is 0 Å². The van der Waals surface area contributed by atoms with Crippen molar-refractivity contribution in [1.82, 2.24) is 4.90 Å². The van der Waals surface area contributed by atoms with Crippen LogP contribution in [0.5, 0.6) is 0 Å². The number of benzene rings is 2. The van der Waals surface area contributed by atoms with E-state index in [1.165, 1.54) is 9.80 Å². The molecule has 1 unspecified atom stereocenters. The van der Waals surface area contributed by atoms with Crippen molar-refractivity contribution >= 4 is 51.0 Å². The zero-order valence-corrected chi connectivity index (χ0v) is 23.0. The van der Waals surface area contributed by atoms with Crippen molar-refractivity contribution in [3.8, 4) is 0 Å². The second-order valence-electron chi connectivity index (χ2n) is 10.00. The van der Waals surface area contributed by atoms with Gasteiger partial charge in [-0.3, -0.25) is 14.4 Å². The first-order chi connectivity index (χ1) is 18.2. The lowest BCUT2D eigenvalue weighted by Crippen LogP contribution is -2.57. The van der Waals surface area contributed by atoms with E-state index in [1.807, 2.05) is 19.1 Å². The van der Waals surface area contributed by atoms with Crippen LogP contribution in [-0.2, 0) is 19.1 Å². The molecule has 3 fully saturated rings. The molecule has 38 heavy (non-hydrogen) atoms. The summed E-state index contributed by atoms with van der Waals surface area (Å²) in [5.74, 6) is -4.36. The third kappa shape index (κ3) is 3.90.